The predicted molar refractivity (Wildman–Crippen MR) is 97.2 cm³/mol. The van der Waals surface area contributed by atoms with Crippen molar-refractivity contribution in [2.75, 3.05) is 6.54 Å². The van der Waals surface area contributed by atoms with E-state index in [4.69, 9.17) is 16.3 Å². The fourth-order valence-electron chi connectivity index (χ4n) is 2.22. The third-order valence-corrected chi connectivity index (χ3v) is 3.55. The lowest BCUT2D eigenvalue weighted by Crippen LogP contribution is -2.39. The molecule has 2 aromatic rings. The number of carbonyl (C=O) groups excluding carboxylic acids is 2. The summed E-state index contributed by atoms with van der Waals surface area (Å²) in [7, 11) is 0. The second-order valence-electron chi connectivity index (χ2n) is 5.41. The maximum absolute atomic E-state index is 12.2. The Morgan fingerprint density at radius 3 is 2.28 bits per heavy atom. The first-order valence-corrected chi connectivity index (χ1v) is 8.04. The van der Waals surface area contributed by atoms with Crippen LogP contribution in [0.2, 0.25) is 5.02 Å². The number of ether oxygens (including phenoxy) is 1. The Kier molecular flexibility index (Phi) is 6.60. The summed E-state index contributed by atoms with van der Waals surface area (Å²) < 4.78 is 4.75. The summed E-state index contributed by atoms with van der Waals surface area (Å²) in [5.74, 6) is -0.0938. The molecule has 2 amide bonds. The molecule has 0 saturated heterocycles. The molecule has 2 aromatic carbocycles. The highest BCUT2D eigenvalue weighted by atomic mass is 35.5. The highest BCUT2D eigenvalue weighted by Gasteiger charge is 2.17. The van der Waals surface area contributed by atoms with Crippen LogP contribution in [0.1, 0.15) is 24.1 Å². The van der Waals surface area contributed by atoms with Gasteiger partial charge in [-0.15, -0.1) is 0 Å². The van der Waals surface area contributed by atoms with Gasteiger partial charge >= 0.3 is 6.09 Å². The number of hydrogen-bond donors (Lipinski definition) is 2. The van der Waals surface area contributed by atoms with Gasteiger partial charge in [-0.05, 0) is 30.2 Å². The molecule has 0 spiro atoms. The van der Waals surface area contributed by atoms with Crippen LogP contribution in [-0.2, 0) is 9.53 Å². The molecule has 0 aliphatic rings. The van der Waals surface area contributed by atoms with Crippen LogP contribution in [0.4, 0.5) is 4.79 Å². The van der Waals surface area contributed by atoms with Crippen molar-refractivity contribution in [3.63, 3.8) is 0 Å². The Bertz CT molecular complexity index is 745. The molecule has 25 heavy (non-hydrogen) atoms. The minimum atomic E-state index is -0.717. The van der Waals surface area contributed by atoms with E-state index < -0.39 is 6.09 Å². The van der Waals surface area contributed by atoms with E-state index in [1.165, 1.54) is 0 Å². The van der Waals surface area contributed by atoms with E-state index >= 15 is 0 Å². The number of rotatable bonds is 6. The average molecular weight is 359 g/mol. The maximum atomic E-state index is 12.2. The van der Waals surface area contributed by atoms with Crippen LogP contribution in [0.15, 0.2) is 66.9 Å². The summed E-state index contributed by atoms with van der Waals surface area (Å²) in [6.07, 6.45) is -0.717. The van der Waals surface area contributed by atoms with Crippen LogP contribution in [0.25, 0.3) is 0 Å². The lowest BCUT2D eigenvalue weighted by Gasteiger charge is -2.20. The van der Waals surface area contributed by atoms with Crippen LogP contribution in [0, 0.1) is 0 Å². The summed E-state index contributed by atoms with van der Waals surface area (Å²) in [5, 5.41) is 5.90. The van der Waals surface area contributed by atoms with E-state index in [9.17, 15) is 9.59 Å². The van der Waals surface area contributed by atoms with Gasteiger partial charge in [0.05, 0.1) is 11.8 Å². The highest BCUT2D eigenvalue weighted by molar-refractivity contribution is 6.30. The van der Waals surface area contributed by atoms with Crippen LogP contribution >= 0.6 is 11.6 Å². The molecule has 0 saturated carbocycles. The number of halogens is 1. The minimum Gasteiger partial charge on any atom is -0.416 e. The monoisotopic (exact) mass is 358 g/mol. The van der Waals surface area contributed by atoms with Crippen molar-refractivity contribution < 1.29 is 14.3 Å². The maximum Gasteiger partial charge on any atom is 0.412 e. The number of amides is 2. The Hall–Kier alpha value is -2.79. The summed E-state index contributed by atoms with van der Waals surface area (Å²) in [4.78, 5) is 23.7. The smallest absolute Gasteiger partial charge is 0.412 e. The zero-order valence-corrected chi connectivity index (χ0v) is 14.5. The Morgan fingerprint density at radius 2 is 1.68 bits per heavy atom. The normalized spacial score (nSPS) is 11.3. The lowest BCUT2D eigenvalue weighted by molar-refractivity contribution is -0.120. The summed E-state index contributed by atoms with van der Waals surface area (Å²) in [5.41, 5.74) is 1.80. The average Bonchev–Trinajstić information content (AvgIpc) is 2.59. The number of allylic oxidation sites excluding steroid dienone is 1. The number of hydrogen-bond acceptors (Lipinski definition) is 3. The fraction of sp³-hybridized carbons (Fsp3) is 0.158. The first-order chi connectivity index (χ1) is 12.0. The molecular formula is C19H19ClN2O3. The number of nitrogens with one attached hydrogen (secondary N) is 2. The van der Waals surface area contributed by atoms with Gasteiger partial charge in [0, 0.05) is 5.02 Å². The topological polar surface area (TPSA) is 67.4 Å². The number of carbonyl (C=O) groups is 2. The third-order valence-electron chi connectivity index (χ3n) is 3.30. The van der Waals surface area contributed by atoms with Gasteiger partial charge in [-0.3, -0.25) is 4.79 Å². The van der Waals surface area contributed by atoms with Crippen molar-refractivity contribution in [2.45, 2.75) is 13.0 Å². The number of benzene rings is 2. The second-order valence-corrected chi connectivity index (χ2v) is 5.84. The molecular weight excluding hydrogens is 340 g/mol. The van der Waals surface area contributed by atoms with Gasteiger partial charge in [0.1, 0.15) is 6.54 Å². The van der Waals surface area contributed by atoms with Crippen molar-refractivity contribution in [3.8, 4) is 0 Å². The molecule has 2 rings (SSSR count). The molecule has 1 unspecified atom stereocenters. The zero-order valence-electron chi connectivity index (χ0n) is 13.8. The standard InChI is InChI=1S/C19H19ClN2O3/c1-13(2)25-19(24)21-12-17(23)22-18(14-6-4-3-5-7-14)15-8-10-16(20)11-9-15/h3-11,18H,1,12H2,2H3,(H,21,24)(H,22,23). The molecule has 0 heterocycles. The van der Waals surface area contributed by atoms with E-state index in [0.29, 0.717) is 5.02 Å². The lowest BCUT2D eigenvalue weighted by atomic mass is 9.99. The fourth-order valence-corrected chi connectivity index (χ4v) is 2.34. The summed E-state index contributed by atoms with van der Waals surface area (Å²) in [6, 6.07) is 16.4. The van der Waals surface area contributed by atoms with E-state index in [-0.39, 0.29) is 24.3 Å². The quantitative estimate of drug-likeness (QED) is 0.772. The first-order valence-electron chi connectivity index (χ1n) is 7.66. The molecule has 1 atom stereocenters. The van der Waals surface area contributed by atoms with Crippen molar-refractivity contribution in [1.82, 2.24) is 10.6 Å². The van der Waals surface area contributed by atoms with Gasteiger partial charge in [0.25, 0.3) is 0 Å². The van der Waals surface area contributed by atoms with Crippen LogP contribution in [0.3, 0.4) is 0 Å². The van der Waals surface area contributed by atoms with Gasteiger partial charge in [-0.1, -0.05) is 60.6 Å². The summed E-state index contributed by atoms with van der Waals surface area (Å²) in [6.45, 7) is 4.80. The number of alkyl carbamates (subject to hydrolysis) is 1. The molecule has 0 aromatic heterocycles. The Balaban J connectivity index is 2.08. The van der Waals surface area contributed by atoms with Crippen molar-refractivity contribution in [2.24, 2.45) is 0 Å². The van der Waals surface area contributed by atoms with Gasteiger partial charge in [-0.2, -0.15) is 0 Å². The molecule has 0 aliphatic heterocycles. The molecule has 6 heteroatoms. The van der Waals surface area contributed by atoms with E-state index in [1.807, 2.05) is 42.5 Å². The Morgan fingerprint density at radius 1 is 1.08 bits per heavy atom. The van der Waals surface area contributed by atoms with E-state index in [1.54, 1.807) is 19.1 Å². The summed E-state index contributed by atoms with van der Waals surface area (Å²) >= 11 is 5.94. The third kappa shape index (κ3) is 5.97. The highest BCUT2D eigenvalue weighted by Crippen LogP contribution is 2.23. The van der Waals surface area contributed by atoms with Crippen LogP contribution in [0.5, 0.6) is 0 Å². The second kappa shape index (κ2) is 8.89. The molecule has 5 nitrogen and oxygen atoms in total. The van der Waals surface area contributed by atoms with Crippen molar-refractivity contribution >= 4 is 23.6 Å². The molecule has 0 aliphatic carbocycles. The molecule has 0 radical (unpaired) electrons. The molecule has 2 N–H and O–H groups in total. The zero-order chi connectivity index (χ0) is 18.2. The van der Waals surface area contributed by atoms with Gasteiger partial charge in [0.15, 0.2) is 0 Å². The largest absolute Gasteiger partial charge is 0.416 e. The van der Waals surface area contributed by atoms with Crippen molar-refractivity contribution in [3.05, 3.63) is 83.1 Å². The van der Waals surface area contributed by atoms with E-state index in [2.05, 4.69) is 17.2 Å². The van der Waals surface area contributed by atoms with Crippen LogP contribution < -0.4 is 10.6 Å². The minimum absolute atomic E-state index is 0.205. The van der Waals surface area contributed by atoms with Gasteiger partial charge < -0.3 is 15.4 Å². The molecule has 0 bridgehead atoms. The first kappa shape index (κ1) is 18.5. The predicted octanol–water partition coefficient (Wildman–Crippen LogP) is 3.81. The Labute approximate surface area is 151 Å². The van der Waals surface area contributed by atoms with E-state index in [0.717, 1.165) is 11.1 Å². The molecule has 130 valence electrons. The van der Waals surface area contributed by atoms with Crippen LogP contribution in [-0.4, -0.2) is 18.5 Å². The van der Waals surface area contributed by atoms with Gasteiger partial charge in [-0.25, -0.2) is 4.79 Å². The van der Waals surface area contributed by atoms with Gasteiger partial charge in [0.2, 0.25) is 5.91 Å². The molecule has 0 fully saturated rings. The van der Waals surface area contributed by atoms with Crippen molar-refractivity contribution in [1.29, 1.82) is 0 Å². The SMILES string of the molecule is C=C(C)OC(=O)NCC(=O)NC(c1ccccc1)c1ccc(Cl)cc1.